The van der Waals surface area contributed by atoms with Gasteiger partial charge >= 0.3 is 0 Å². The van der Waals surface area contributed by atoms with Gasteiger partial charge in [-0.15, -0.1) is 5.10 Å². The molecule has 0 unspecified atom stereocenters. The average molecular weight is 352 g/mol. The van der Waals surface area contributed by atoms with E-state index in [0.717, 1.165) is 16.8 Å². The monoisotopic (exact) mass is 352 g/mol. The van der Waals surface area contributed by atoms with Gasteiger partial charge in [-0.3, -0.25) is 5.10 Å². The summed E-state index contributed by atoms with van der Waals surface area (Å²) >= 11 is 0. The van der Waals surface area contributed by atoms with E-state index in [9.17, 15) is 5.26 Å². The van der Waals surface area contributed by atoms with Crippen molar-refractivity contribution in [2.45, 2.75) is 19.8 Å². The van der Waals surface area contributed by atoms with Crippen LogP contribution in [0, 0.1) is 18.3 Å². The number of rotatable bonds is 6. The van der Waals surface area contributed by atoms with Gasteiger partial charge in [0, 0.05) is 11.3 Å². The average Bonchev–Trinajstić information content (AvgIpc) is 3.00. The number of aryl methyl sites for hydroxylation is 1. The van der Waals surface area contributed by atoms with Crippen LogP contribution in [0.15, 0.2) is 42.3 Å². The summed E-state index contributed by atoms with van der Waals surface area (Å²) in [6, 6.07) is 7.73. The normalized spacial score (nSPS) is 15.7. The van der Waals surface area contributed by atoms with Gasteiger partial charge in [0.15, 0.2) is 11.5 Å². The Labute approximate surface area is 151 Å². The van der Waals surface area contributed by atoms with E-state index in [1.807, 2.05) is 32.0 Å². The molecule has 7 heteroatoms. The molecule has 1 aromatic heterocycles. The first-order valence-corrected chi connectivity index (χ1v) is 8.23. The summed E-state index contributed by atoms with van der Waals surface area (Å²) in [6.45, 7) is 8.29. The maximum absolute atomic E-state index is 9.63. The van der Waals surface area contributed by atoms with Gasteiger partial charge in [-0.2, -0.15) is 5.26 Å². The van der Waals surface area contributed by atoms with Crippen LogP contribution >= 0.6 is 0 Å². The van der Waals surface area contributed by atoms with Gasteiger partial charge in [0.25, 0.3) is 0 Å². The SMILES string of the molecule is C=CCOc1ccc([C@H]2C(C#N)=C(N)Oc3n[nH]c(C)c32)cc1OCC. The Morgan fingerprint density at radius 2 is 2.23 bits per heavy atom. The van der Waals surface area contributed by atoms with Gasteiger partial charge in [0.05, 0.1) is 12.5 Å². The van der Waals surface area contributed by atoms with E-state index in [-0.39, 0.29) is 5.88 Å². The van der Waals surface area contributed by atoms with Crippen molar-refractivity contribution in [2.75, 3.05) is 13.2 Å². The van der Waals surface area contributed by atoms with Gasteiger partial charge in [-0.25, -0.2) is 0 Å². The van der Waals surface area contributed by atoms with E-state index in [2.05, 4.69) is 22.8 Å². The number of hydrogen-bond donors (Lipinski definition) is 2. The molecule has 0 aliphatic carbocycles. The molecule has 1 aliphatic heterocycles. The van der Waals surface area contributed by atoms with Crippen molar-refractivity contribution < 1.29 is 14.2 Å². The maximum Gasteiger partial charge on any atom is 0.244 e. The molecular weight excluding hydrogens is 332 g/mol. The first-order chi connectivity index (χ1) is 12.6. The summed E-state index contributed by atoms with van der Waals surface area (Å²) in [4.78, 5) is 0. The number of nitriles is 1. The molecule has 0 saturated carbocycles. The van der Waals surface area contributed by atoms with E-state index in [1.165, 1.54) is 0 Å². The molecule has 2 aromatic rings. The number of nitrogens with two attached hydrogens (primary N) is 1. The number of aromatic amines is 1. The number of ether oxygens (including phenoxy) is 3. The molecule has 1 aromatic carbocycles. The minimum absolute atomic E-state index is 0.0569. The minimum atomic E-state index is -0.393. The van der Waals surface area contributed by atoms with Crippen LogP contribution in [0.4, 0.5) is 0 Å². The third kappa shape index (κ3) is 2.97. The molecule has 3 rings (SSSR count). The first kappa shape index (κ1) is 17.4. The topological polar surface area (TPSA) is 106 Å². The highest BCUT2D eigenvalue weighted by Crippen LogP contribution is 2.44. The van der Waals surface area contributed by atoms with Gasteiger partial charge in [0.1, 0.15) is 18.2 Å². The van der Waals surface area contributed by atoms with Crippen LogP contribution in [-0.4, -0.2) is 23.4 Å². The molecule has 7 nitrogen and oxygen atoms in total. The molecule has 26 heavy (non-hydrogen) atoms. The lowest BCUT2D eigenvalue weighted by molar-refractivity contribution is 0.296. The summed E-state index contributed by atoms with van der Waals surface area (Å²) in [7, 11) is 0. The fourth-order valence-electron chi connectivity index (χ4n) is 2.97. The molecule has 3 N–H and O–H groups in total. The van der Waals surface area contributed by atoms with Crippen LogP contribution < -0.4 is 19.9 Å². The van der Waals surface area contributed by atoms with Crippen LogP contribution in [0.5, 0.6) is 17.4 Å². The summed E-state index contributed by atoms with van der Waals surface area (Å²) in [5, 5.41) is 16.6. The molecule has 0 spiro atoms. The zero-order valence-corrected chi connectivity index (χ0v) is 14.7. The van der Waals surface area contributed by atoms with Crippen LogP contribution in [-0.2, 0) is 0 Å². The predicted molar refractivity (Wildman–Crippen MR) is 95.9 cm³/mol. The highest BCUT2D eigenvalue weighted by Gasteiger charge is 2.34. The van der Waals surface area contributed by atoms with E-state index in [4.69, 9.17) is 19.9 Å². The zero-order valence-electron chi connectivity index (χ0n) is 14.7. The molecule has 0 fully saturated rings. The van der Waals surface area contributed by atoms with Crippen molar-refractivity contribution in [3.63, 3.8) is 0 Å². The number of hydrogen-bond acceptors (Lipinski definition) is 6. The smallest absolute Gasteiger partial charge is 0.244 e. The number of H-pyrrole nitrogens is 1. The van der Waals surface area contributed by atoms with Crippen LogP contribution in [0.3, 0.4) is 0 Å². The standard InChI is InChI=1S/C19H20N4O3/c1-4-8-25-14-7-6-12(9-15(14)24-5-2)17-13(10-20)18(21)26-19-16(17)11(3)22-23-19/h4,6-7,9,17H,1,5,8,21H2,2-3H3,(H,22,23)/t17-/m0/s1. The predicted octanol–water partition coefficient (Wildman–Crippen LogP) is 2.90. The lowest BCUT2D eigenvalue weighted by Gasteiger charge is -2.24. The fraction of sp³-hybridized carbons (Fsp3) is 0.263. The van der Waals surface area contributed by atoms with E-state index < -0.39 is 5.92 Å². The van der Waals surface area contributed by atoms with Crippen molar-refractivity contribution in [1.29, 1.82) is 5.26 Å². The third-order valence-electron chi connectivity index (χ3n) is 4.09. The Morgan fingerprint density at radius 1 is 1.42 bits per heavy atom. The van der Waals surface area contributed by atoms with Crippen LogP contribution in [0.25, 0.3) is 0 Å². The molecule has 0 bridgehead atoms. The van der Waals surface area contributed by atoms with Gasteiger partial charge in [0.2, 0.25) is 11.8 Å². The number of fused-ring (bicyclic) bond motifs is 1. The molecule has 1 aliphatic rings. The van der Waals surface area contributed by atoms with Crippen molar-refractivity contribution in [2.24, 2.45) is 5.73 Å². The Kier molecular flexibility index (Phi) is 4.85. The minimum Gasteiger partial charge on any atom is -0.490 e. The van der Waals surface area contributed by atoms with Gasteiger partial charge in [-0.1, -0.05) is 18.7 Å². The van der Waals surface area contributed by atoms with E-state index >= 15 is 0 Å². The second-order valence-electron chi connectivity index (χ2n) is 5.73. The third-order valence-corrected chi connectivity index (χ3v) is 4.09. The number of aromatic nitrogens is 2. The Morgan fingerprint density at radius 3 is 2.92 bits per heavy atom. The van der Waals surface area contributed by atoms with E-state index in [0.29, 0.717) is 36.2 Å². The molecule has 0 saturated heterocycles. The van der Waals surface area contributed by atoms with Crippen LogP contribution in [0.2, 0.25) is 0 Å². The van der Waals surface area contributed by atoms with Crippen molar-refractivity contribution in [3.8, 4) is 23.4 Å². The Hall–Kier alpha value is -3.40. The summed E-state index contributed by atoms with van der Waals surface area (Å²) < 4.78 is 16.9. The molecular formula is C19H20N4O3. The molecule has 2 heterocycles. The highest BCUT2D eigenvalue weighted by atomic mass is 16.5. The highest BCUT2D eigenvalue weighted by molar-refractivity contribution is 5.57. The molecule has 0 amide bonds. The largest absolute Gasteiger partial charge is 0.490 e. The molecule has 1 atom stereocenters. The summed E-state index contributed by atoms with van der Waals surface area (Å²) in [6.07, 6.45) is 1.67. The van der Waals surface area contributed by atoms with Crippen molar-refractivity contribution in [3.05, 3.63) is 59.1 Å². The Bertz CT molecular complexity index is 908. The molecule has 134 valence electrons. The summed E-state index contributed by atoms with van der Waals surface area (Å²) in [5.74, 6) is 1.25. The van der Waals surface area contributed by atoms with Crippen molar-refractivity contribution in [1.82, 2.24) is 10.2 Å². The van der Waals surface area contributed by atoms with Gasteiger partial charge < -0.3 is 19.9 Å². The summed E-state index contributed by atoms with van der Waals surface area (Å²) in [5.41, 5.74) is 8.73. The number of benzene rings is 1. The second-order valence-corrected chi connectivity index (χ2v) is 5.73. The first-order valence-electron chi connectivity index (χ1n) is 8.23. The quantitative estimate of drug-likeness (QED) is 0.774. The number of nitrogens with one attached hydrogen (secondary N) is 1. The maximum atomic E-state index is 9.63. The van der Waals surface area contributed by atoms with Crippen molar-refractivity contribution >= 4 is 0 Å². The van der Waals surface area contributed by atoms with Crippen LogP contribution in [0.1, 0.15) is 29.7 Å². The second kappa shape index (κ2) is 7.23. The lowest BCUT2D eigenvalue weighted by atomic mass is 9.84. The fourth-order valence-corrected chi connectivity index (χ4v) is 2.97. The molecule has 0 radical (unpaired) electrons. The Balaban J connectivity index is 2.12. The van der Waals surface area contributed by atoms with Gasteiger partial charge in [-0.05, 0) is 31.5 Å². The number of allylic oxidation sites excluding steroid dienone is 1. The number of nitrogens with zero attached hydrogens (tertiary/aromatic N) is 2. The van der Waals surface area contributed by atoms with E-state index in [1.54, 1.807) is 6.08 Å². The lowest BCUT2D eigenvalue weighted by Crippen LogP contribution is -2.21. The zero-order chi connectivity index (χ0) is 18.7.